The number of phenolic OH excluding ortho intramolecular Hbond substituents is 2. The summed E-state index contributed by atoms with van der Waals surface area (Å²) < 4.78 is 0. The van der Waals surface area contributed by atoms with Gasteiger partial charge in [-0.3, -0.25) is 0 Å². The lowest BCUT2D eigenvalue weighted by molar-refractivity contribution is 0.344. The summed E-state index contributed by atoms with van der Waals surface area (Å²) in [7, 11) is 0. The van der Waals surface area contributed by atoms with Crippen LogP contribution in [-0.2, 0) is 18.3 Å². The Bertz CT molecular complexity index is 1230. The first-order valence-electron chi connectivity index (χ1n) is 13.2. The van der Waals surface area contributed by atoms with Crippen molar-refractivity contribution in [3.63, 3.8) is 0 Å². The highest BCUT2D eigenvalue weighted by Gasteiger charge is 2.37. The molecule has 0 saturated heterocycles. The molecule has 0 atom stereocenters. The predicted molar refractivity (Wildman–Crippen MR) is 148 cm³/mol. The Morgan fingerprint density at radius 3 is 1.42 bits per heavy atom. The van der Waals surface area contributed by atoms with Crippen LogP contribution in [0.3, 0.4) is 0 Å². The van der Waals surface area contributed by atoms with Gasteiger partial charge in [0.1, 0.15) is 11.5 Å². The highest BCUT2D eigenvalue weighted by Crippen LogP contribution is 2.48. The van der Waals surface area contributed by atoms with Crippen molar-refractivity contribution in [2.24, 2.45) is 0 Å². The molecule has 0 aromatic heterocycles. The van der Waals surface area contributed by atoms with Gasteiger partial charge < -0.3 is 10.2 Å². The van der Waals surface area contributed by atoms with E-state index in [9.17, 15) is 10.2 Å². The highest BCUT2D eigenvalue weighted by molar-refractivity contribution is 5.54. The Morgan fingerprint density at radius 1 is 0.583 bits per heavy atom. The average Bonchev–Trinajstić information content (AvgIpc) is 2.90. The standard InChI is InChI=1S/C34H36O2/c1-24-18-30(22-28(32(24)35)20-26-12-6-3-7-13-26)34(16-10-5-11-17-34)31-19-25(2)33(36)29(23-31)21-27-14-8-4-9-15-27/h3-4,6-9,12-15,18-19,22-23,35-36H,5,10-11,16-17,20-21H2,1-2H3. The Morgan fingerprint density at radius 2 is 1.00 bits per heavy atom. The predicted octanol–water partition coefficient (Wildman–Crippen LogP) is 8.15. The topological polar surface area (TPSA) is 40.5 Å². The summed E-state index contributed by atoms with van der Waals surface area (Å²) in [5.74, 6) is 0.806. The van der Waals surface area contributed by atoms with Gasteiger partial charge in [-0.25, -0.2) is 0 Å². The van der Waals surface area contributed by atoms with Gasteiger partial charge in [-0.2, -0.15) is 0 Å². The monoisotopic (exact) mass is 476 g/mol. The second-order valence-corrected chi connectivity index (χ2v) is 10.6. The molecule has 36 heavy (non-hydrogen) atoms. The molecule has 5 rings (SSSR count). The van der Waals surface area contributed by atoms with E-state index in [2.05, 4.69) is 72.8 Å². The SMILES string of the molecule is Cc1cc(C2(c3cc(C)c(O)c(Cc4ccccc4)c3)CCCCC2)cc(Cc2ccccc2)c1O. The first-order valence-corrected chi connectivity index (χ1v) is 13.2. The summed E-state index contributed by atoms with van der Waals surface area (Å²) in [5, 5.41) is 22.0. The molecule has 4 aromatic carbocycles. The fourth-order valence-corrected chi connectivity index (χ4v) is 6.06. The lowest BCUT2D eigenvalue weighted by Gasteiger charge is -2.40. The van der Waals surface area contributed by atoms with Crippen LogP contribution in [0.25, 0.3) is 0 Å². The van der Waals surface area contributed by atoms with E-state index in [1.165, 1.54) is 41.5 Å². The van der Waals surface area contributed by atoms with Gasteiger partial charge >= 0.3 is 0 Å². The molecule has 0 radical (unpaired) electrons. The number of phenols is 2. The minimum atomic E-state index is -0.119. The summed E-state index contributed by atoms with van der Waals surface area (Å²) >= 11 is 0. The van der Waals surface area contributed by atoms with E-state index in [-0.39, 0.29) is 5.41 Å². The van der Waals surface area contributed by atoms with Gasteiger partial charge in [-0.1, -0.05) is 104 Å². The maximum atomic E-state index is 11.0. The number of hydrogen-bond acceptors (Lipinski definition) is 2. The molecule has 1 aliphatic rings. The van der Waals surface area contributed by atoms with Gasteiger partial charge in [-0.05, 0) is 71.2 Å². The van der Waals surface area contributed by atoms with Gasteiger partial charge in [0.2, 0.25) is 0 Å². The minimum absolute atomic E-state index is 0.119. The zero-order valence-electron chi connectivity index (χ0n) is 21.4. The van der Waals surface area contributed by atoms with E-state index in [0.29, 0.717) is 24.3 Å². The van der Waals surface area contributed by atoms with Crippen molar-refractivity contribution in [2.75, 3.05) is 0 Å². The molecule has 2 nitrogen and oxygen atoms in total. The molecular weight excluding hydrogens is 440 g/mol. The van der Waals surface area contributed by atoms with Crippen molar-refractivity contribution in [1.29, 1.82) is 0 Å². The third kappa shape index (κ3) is 4.78. The third-order valence-electron chi connectivity index (χ3n) is 8.05. The number of aromatic hydroxyl groups is 2. The fraction of sp³-hybridized carbons (Fsp3) is 0.294. The molecule has 2 N–H and O–H groups in total. The second kappa shape index (κ2) is 10.2. The normalized spacial score (nSPS) is 15.1. The molecule has 0 amide bonds. The summed E-state index contributed by atoms with van der Waals surface area (Å²) in [6.45, 7) is 4.04. The van der Waals surface area contributed by atoms with E-state index in [1.54, 1.807) is 0 Å². The first kappa shape index (κ1) is 24.2. The van der Waals surface area contributed by atoms with Crippen molar-refractivity contribution in [1.82, 2.24) is 0 Å². The molecule has 0 aliphatic heterocycles. The van der Waals surface area contributed by atoms with E-state index < -0.39 is 0 Å². The molecule has 1 aliphatic carbocycles. The van der Waals surface area contributed by atoms with Crippen LogP contribution in [0, 0.1) is 13.8 Å². The van der Waals surface area contributed by atoms with Crippen molar-refractivity contribution in [3.05, 3.63) is 129 Å². The number of rotatable bonds is 6. The number of hydrogen-bond donors (Lipinski definition) is 2. The first-order chi connectivity index (χ1) is 17.5. The Hall–Kier alpha value is -3.52. The van der Waals surface area contributed by atoms with Crippen molar-refractivity contribution in [3.8, 4) is 11.5 Å². The van der Waals surface area contributed by atoms with Gasteiger partial charge in [0.05, 0.1) is 0 Å². The zero-order chi connectivity index (χ0) is 25.1. The maximum Gasteiger partial charge on any atom is 0.122 e. The molecule has 0 spiro atoms. The summed E-state index contributed by atoms with van der Waals surface area (Å²) in [6, 6.07) is 29.7. The molecule has 0 unspecified atom stereocenters. The summed E-state index contributed by atoms with van der Waals surface area (Å²) in [6.07, 6.45) is 7.21. The lowest BCUT2D eigenvalue weighted by Crippen LogP contribution is -2.31. The Kier molecular flexibility index (Phi) is 6.87. The Balaban J connectivity index is 1.62. The molecule has 2 heteroatoms. The van der Waals surface area contributed by atoms with Gasteiger partial charge in [0.25, 0.3) is 0 Å². The Labute approximate surface area is 215 Å². The zero-order valence-corrected chi connectivity index (χ0v) is 21.4. The van der Waals surface area contributed by atoms with Gasteiger partial charge in [0, 0.05) is 18.3 Å². The van der Waals surface area contributed by atoms with Crippen molar-refractivity contribution in [2.45, 2.75) is 64.2 Å². The summed E-state index contributed by atoms with van der Waals surface area (Å²) in [5.41, 5.74) is 8.71. The quantitative estimate of drug-likeness (QED) is 0.295. The van der Waals surface area contributed by atoms with Crippen LogP contribution in [0.15, 0.2) is 84.9 Å². The number of benzene rings is 4. The van der Waals surface area contributed by atoms with Crippen LogP contribution in [-0.4, -0.2) is 10.2 Å². The number of aryl methyl sites for hydroxylation is 2. The summed E-state index contributed by atoms with van der Waals surface area (Å²) in [4.78, 5) is 0. The lowest BCUT2D eigenvalue weighted by atomic mass is 9.64. The van der Waals surface area contributed by atoms with E-state index in [1.807, 2.05) is 26.0 Å². The molecule has 1 saturated carbocycles. The molecule has 4 aromatic rings. The molecule has 184 valence electrons. The van der Waals surface area contributed by atoms with E-state index >= 15 is 0 Å². The van der Waals surface area contributed by atoms with Crippen LogP contribution in [0.1, 0.15) is 76.6 Å². The third-order valence-corrected chi connectivity index (χ3v) is 8.05. The minimum Gasteiger partial charge on any atom is -0.507 e. The van der Waals surface area contributed by atoms with E-state index in [4.69, 9.17) is 0 Å². The van der Waals surface area contributed by atoms with Crippen molar-refractivity contribution >= 4 is 0 Å². The molecule has 0 heterocycles. The fourth-order valence-electron chi connectivity index (χ4n) is 6.06. The maximum absolute atomic E-state index is 11.0. The van der Waals surface area contributed by atoms with E-state index in [0.717, 1.165) is 35.1 Å². The second-order valence-electron chi connectivity index (χ2n) is 10.6. The van der Waals surface area contributed by atoms with Crippen LogP contribution >= 0.6 is 0 Å². The largest absolute Gasteiger partial charge is 0.507 e. The smallest absolute Gasteiger partial charge is 0.122 e. The van der Waals surface area contributed by atoms with Gasteiger partial charge in [0.15, 0.2) is 0 Å². The van der Waals surface area contributed by atoms with Crippen LogP contribution in [0.4, 0.5) is 0 Å². The molecule has 0 bridgehead atoms. The average molecular weight is 477 g/mol. The van der Waals surface area contributed by atoms with Crippen LogP contribution in [0.2, 0.25) is 0 Å². The van der Waals surface area contributed by atoms with Gasteiger partial charge in [-0.15, -0.1) is 0 Å². The van der Waals surface area contributed by atoms with Crippen LogP contribution in [0.5, 0.6) is 11.5 Å². The van der Waals surface area contributed by atoms with Crippen molar-refractivity contribution < 1.29 is 10.2 Å². The molecular formula is C34H36O2. The highest BCUT2D eigenvalue weighted by atomic mass is 16.3. The molecule has 1 fully saturated rings. The van der Waals surface area contributed by atoms with Crippen LogP contribution < -0.4 is 0 Å².